The zero-order valence-corrected chi connectivity index (χ0v) is 10.8. The summed E-state index contributed by atoms with van der Waals surface area (Å²) in [5.74, 6) is 1.58. The van der Waals surface area contributed by atoms with Crippen LogP contribution in [0, 0.1) is 0 Å². The summed E-state index contributed by atoms with van der Waals surface area (Å²) in [7, 11) is -0.798. The van der Waals surface area contributed by atoms with E-state index < -0.39 is 7.12 Å². The molecule has 19 heavy (non-hydrogen) atoms. The zero-order chi connectivity index (χ0) is 13.2. The Kier molecular flexibility index (Phi) is 3.28. The lowest BCUT2D eigenvalue weighted by atomic mass is 9.80. The Bertz CT molecular complexity index is 580. The van der Waals surface area contributed by atoms with Gasteiger partial charge in [0, 0.05) is 0 Å². The Morgan fingerprint density at radius 2 is 1.89 bits per heavy atom. The van der Waals surface area contributed by atoms with E-state index in [1.54, 1.807) is 0 Å². The molecule has 1 aliphatic rings. The molecule has 2 aromatic carbocycles. The van der Waals surface area contributed by atoms with Crippen LogP contribution >= 0.6 is 0 Å². The summed E-state index contributed by atoms with van der Waals surface area (Å²) in [4.78, 5) is 0. The van der Waals surface area contributed by atoms with Crippen LogP contribution in [0.25, 0.3) is 0 Å². The number of ether oxygens (including phenoxy) is 1. The van der Waals surface area contributed by atoms with Gasteiger partial charge in [-0.25, -0.2) is 0 Å². The van der Waals surface area contributed by atoms with Crippen LogP contribution in [0.5, 0.6) is 11.5 Å². The molecule has 0 aromatic heterocycles. The van der Waals surface area contributed by atoms with Crippen LogP contribution in [0.1, 0.15) is 18.1 Å². The molecule has 1 N–H and O–H groups in total. The van der Waals surface area contributed by atoms with Crippen molar-refractivity contribution in [2.75, 3.05) is 0 Å². The van der Waals surface area contributed by atoms with Gasteiger partial charge in [0.25, 0.3) is 0 Å². The molecule has 4 heteroatoms. The number of aryl methyl sites for hydroxylation is 1. The van der Waals surface area contributed by atoms with Crippen LogP contribution in [0.15, 0.2) is 42.5 Å². The Labute approximate surface area is 112 Å². The lowest BCUT2D eigenvalue weighted by Crippen LogP contribution is -2.27. The van der Waals surface area contributed by atoms with Crippen molar-refractivity contribution in [1.29, 1.82) is 0 Å². The molecule has 3 nitrogen and oxygen atoms in total. The van der Waals surface area contributed by atoms with Crippen LogP contribution < -0.4 is 10.2 Å². The Hall–Kier alpha value is -1.78. The molecule has 0 fully saturated rings. The molecule has 3 rings (SSSR count). The van der Waals surface area contributed by atoms with Crippen molar-refractivity contribution >= 4 is 12.6 Å². The summed E-state index contributed by atoms with van der Waals surface area (Å²) in [6.07, 6.45) is 1.02. The van der Waals surface area contributed by atoms with Gasteiger partial charge in [0.05, 0.1) is 6.61 Å². The summed E-state index contributed by atoms with van der Waals surface area (Å²) in [5.41, 5.74) is 3.10. The van der Waals surface area contributed by atoms with Gasteiger partial charge in [-0.1, -0.05) is 25.1 Å². The average molecular weight is 254 g/mol. The highest BCUT2D eigenvalue weighted by molar-refractivity contribution is 6.61. The molecule has 1 heterocycles. The van der Waals surface area contributed by atoms with Gasteiger partial charge in [-0.3, -0.25) is 0 Å². The minimum Gasteiger partial charge on any atom is -0.457 e. The van der Waals surface area contributed by atoms with Gasteiger partial charge in [-0.15, -0.1) is 0 Å². The second kappa shape index (κ2) is 5.07. The van der Waals surface area contributed by atoms with E-state index in [4.69, 9.17) is 9.39 Å². The van der Waals surface area contributed by atoms with Crippen molar-refractivity contribution in [1.82, 2.24) is 0 Å². The van der Waals surface area contributed by atoms with Crippen molar-refractivity contribution in [3.05, 3.63) is 53.6 Å². The Morgan fingerprint density at radius 1 is 1.16 bits per heavy atom. The highest BCUT2D eigenvalue weighted by atomic mass is 16.5. The van der Waals surface area contributed by atoms with E-state index in [0.29, 0.717) is 6.61 Å². The van der Waals surface area contributed by atoms with E-state index in [1.165, 1.54) is 5.56 Å². The van der Waals surface area contributed by atoms with E-state index in [9.17, 15) is 5.02 Å². The third-order valence-corrected chi connectivity index (χ3v) is 3.34. The molecule has 1 aliphatic heterocycles. The summed E-state index contributed by atoms with van der Waals surface area (Å²) >= 11 is 0. The van der Waals surface area contributed by atoms with E-state index in [0.717, 1.165) is 28.9 Å². The number of fused-ring (bicyclic) bond motifs is 1. The Morgan fingerprint density at radius 3 is 2.63 bits per heavy atom. The monoisotopic (exact) mass is 254 g/mol. The van der Waals surface area contributed by atoms with Crippen LogP contribution in [-0.2, 0) is 17.7 Å². The van der Waals surface area contributed by atoms with E-state index in [2.05, 4.69) is 19.1 Å². The molecule has 0 atom stereocenters. The van der Waals surface area contributed by atoms with Gasteiger partial charge in [0.2, 0.25) is 0 Å². The molecular formula is C15H15BO3. The van der Waals surface area contributed by atoms with Crippen molar-refractivity contribution in [2.24, 2.45) is 0 Å². The third-order valence-electron chi connectivity index (χ3n) is 3.34. The van der Waals surface area contributed by atoms with Crippen LogP contribution in [0.4, 0.5) is 0 Å². The van der Waals surface area contributed by atoms with Gasteiger partial charge in [0.15, 0.2) is 0 Å². The number of benzene rings is 2. The summed E-state index contributed by atoms with van der Waals surface area (Å²) < 4.78 is 11.0. The maximum absolute atomic E-state index is 9.56. The summed E-state index contributed by atoms with van der Waals surface area (Å²) in [6, 6.07) is 13.7. The van der Waals surface area contributed by atoms with Gasteiger partial charge in [0.1, 0.15) is 11.5 Å². The number of hydrogen-bond donors (Lipinski definition) is 1. The molecule has 0 amide bonds. The minimum absolute atomic E-state index is 0.433. The lowest BCUT2D eigenvalue weighted by molar-refractivity contribution is 0.275. The third kappa shape index (κ3) is 2.50. The predicted octanol–water partition coefficient (Wildman–Crippen LogP) is 2.26. The lowest BCUT2D eigenvalue weighted by Gasteiger charge is -2.08. The van der Waals surface area contributed by atoms with E-state index in [1.807, 2.05) is 30.3 Å². The topological polar surface area (TPSA) is 38.7 Å². The smallest absolute Gasteiger partial charge is 0.457 e. The second-order valence-electron chi connectivity index (χ2n) is 4.62. The van der Waals surface area contributed by atoms with Gasteiger partial charge < -0.3 is 14.4 Å². The maximum Gasteiger partial charge on any atom is 0.491 e. The highest BCUT2D eigenvalue weighted by Gasteiger charge is 2.27. The molecule has 0 aliphatic carbocycles. The average Bonchev–Trinajstić information content (AvgIpc) is 2.81. The SMILES string of the molecule is CCc1ccc(Oc2ccc3c(c2)COB3O)cc1. The standard InChI is InChI=1S/C15H15BO3/c1-2-11-3-5-13(6-4-11)19-14-7-8-15-12(9-14)10-18-16(15)17/h3-9,17H,2,10H2,1H3. The largest absolute Gasteiger partial charge is 0.491 e. The van der Waals surface area contributed by atoms with Gasteiger partial charge >= 0.3 is 7.12 Å². The summed E-state index contributed by atoms with van der Waals surface area (Å²) in [5, 5.41) is 9.56. The van der Waals surface area contributed by atoms with Crippen LogP contribution in [-0.4, -0.2) is 12.1 Å². The molecule has 0 bridgehead atoms. The fraction of sp³-hybridized carbons (Fsp3) is 0.200. The van der Waals surface area contributed by atoms with Gasteiger partial charge in [-0.2, -0.15) is 0 Å². The van der Waals surface area contributed by atoms with Crippen molar-refractivity contribution in [2.45, 2.75) is 20.0 Å². The van der Waals surface area contributed by atoms with Crippen LogP contribution in [0.2, 0.25) is 0 Å². The van der Waals surface area contributed by atoms with Gasteiger partial charge in [-0.05, 0) is 47.3 Å². The molecule has 0 radical (unpaired) electrons. The zero-order valence-electron chi connectivity index (χ0n) is 10.8. The van der Waals surface area contributed by atoms with E-state index >= 15 is 0 Å². The maximum atomic E-state index is 9.56. The van der Waals surface area contributed by atoms with E-state index in [-0.39, 0.29) is 0 Å². The first kappa shape index (κ1) is 12.3. The fourth-order valence-electron chi connectivity index (χ4n) is 2.20. The minimum atomic E-state index is -0.798. The molecule has 0 saturated heterocycles. The Balaban J connectivity index is 1.79. The van der Waals surface area contributed by atoms with Crippen LogP contribution in [0.3, 0.4) is 0 Å². The van der Waals surface area contributed by atoms with Crippen molar-refractivity contribution in [3.63, 3.8) is 0 Å². The molecule has 96 valence electrons. The van der Waals surface area contributed by atoms with Crippen molar-refractivity contribution in [3.8, 4) is 11.5 Å². The first-order chi connectivity index (χ1) is 9.26. The molecule has 0 unspecified atom stereocenters. The van der Waals surface area contributed by atoms with Crippen molar-refractivity contribution < 1.29 is 14.4 Å². The molecular weight excluding hydrogens is 239 g/mol. The predicted molar refractivity (Wildman–Crippen MR) is 74.7 cm³/mol. The normalized spacial score (nSPS) is 13.5. The quantitative estimate of drug-likeness (QED) is 0.854. The number of rotatable bonds is 3. The first-order valence-electron chi connectivity index (χ1n) is 6.45. The summed E-state index contributed by atoms with van der Waals surface area (Å²) in [6.45, 7) is 2.56. The molecule has 0 saturated carbocycles. The molecule has 2 aromatic rings. The fourth-order valence-corrected chi connectivity index (χ4v) is 2.20. The molecule has 0 spiro atoms. The second-order valence-corrected chi connectivity index (χ2v) is 4.62. The number of hydrogen-bond acceptors (Lipinski definition) is 3. The highest BCUT2D eigenvalue weighted by Crippen LogP contribution is 2.24. The first-order valence-corrected chi connectivity index (χ1v) is 6.45.